The number of ether oxygens (including phenoxy) is 2. The smallest absolute Gasteiger partial charge is 0.121 e. The molecule has 0 fully saturated rings. The van der Waals surface area contributed by atoms with Crippen molar-refractivity contribution in [1.29, 1.82) is 5.26 Å². The van der Waals surface area contributed by atoms with Crippen LogP contribution in [0, 0.1) is 18.3 Å². The molecule has 0 saturated carbocycles. The maximum Gasteiger partial charge on any atom is 0.121 e. The Hall–Kier alpha value is -1.83. The number of hydrogen-bond acceptors (Lipinski definition) is 3. The summed E-state index contributed by atoms with van der Waals surface area (Å²) < 4.78 is 11.0. The van der Waals surface area contributed by atoms with Gasteiger partial charge in [-0.2, -0.15) is 5.26 Å². The Labute approximate surface area is 111 Å². The van der Waals surface area contributed by atoms with E-state index in [0.29, 0.717) is 13.2 Å². The Bertz CT molecular complexity index is 667. The van der Waals surface area contributed by atoms with Crippen molar-refractivity contribution in [1.82, 2.24) is 4.98 Å². The predicted molar refractivity (Wildman–Crippen MR) is 72.0 cm³/mol. The predicted octanol–water partition coefficient (Wildman–Crippen LogP) is 2.61. The Morgan fingerprint density at radius 1 is 1.53 bits per heavy atom. The van der Waals surface area contributed by atoms with Crippen molar-refractivity contribution in [3.05, 3.63) is 34.5 Å². The van der Waals surface area contributed by atoms with Crippen molar-refractivity contribution in [3.8, 4) is 6.07 Å². The third-order valence-electron chi connectivity index (χ3n) is 3.73. The molecule has 4 nitrogen and oxygen atoms in total. The molecule has 0 spiro atoms. The summed E-state index contributed by atoms with van der Waals surface area (Å²) in [6.07, 6.45) is 0.778. The van der Waals surface area contributed by atoms with E-state index in [1.54, 1.807) is 7.11 Å². The maximum atomic E-state index is 9.30. The molecule has 4 heteroatoms. The van der Waals surface area contributed by atoms with Crippen LogP contribution in [-0.2, 0) is 15.9 Å². The van der Waals surface area contributed by atoms with E-state index in [2.05, 4.69) is 18.0 Å². The molecule has 1 aromatic heterocycles. The molecule has 1 aliphatic rings. The fourth-order valence-electron chi connectivity index (χ4n) is 2.82. The molecule has 1 aliphatic heterocycles. The summed E-state index contributed by atoms with van der Waals surface area (Å²) >= 11 is 0. The van der Waals surface area contributed by atoms with Gasteiger partial charge < -0.3 is 14.5 Å². The van der Waals surface area contributed by atoms with Gasteiger partial charge in [-0.3, -0.25) is 0 Å². The minimum absolute atomic E-state index is 0.0629. The van der Waals surface area contributed by atoms with Gasteiger partial charge in [0.1, 0.15) is 6.10 Å². The van der Waals surface area contributed by atoms with Crippen LogP contribution < -0.4 is 0 Å². The fourth-order valence-corrected chi connectivity index (χ4v) is 2.82. The summed E-state index contributed by atoms with van der Waals surface area (Å²) in [6, 6.07) is 6.16. The standard InChI is InChI=1S/C15H16N2O2/c1-9-3-4-10(7-16)13-11-5-6-19-12(8-18-2)15(11)17-14(9)13/h3-4,12,17H,5-6,8H2,1-2H3. The first-order valence-electron chi connectivity index (χ1n) is 6.41. The summed E-state index contributed by atoms with van der Waals surface area (Å²) in [5.74, 6) is 0. The van der Waals surface area contributed by atoms with Crippen LogP contribution in [0.5, 0.6) is 0 Å². The van der Waals surface area contributed by atoms with Crippen molar-refractivity contribution in [2.75, 3.05) is 20.3 Å². The number of rotatable bonds is 2. The van der Waals surface area contributed by atoms with Crippen LogP contribution in [0.3, 0.4) is 0 Å². The number of aryl methyl sites for hydroxylation is 1. The van der Waals surface area contributed by atoms with Gasteiger partial charge in [0.15, 0.2) is 0 Å². The second-order valence-electron chi connectivity index (χ2n) is 4.87. The largest absolute Gasteiger partial charge is 0.382 e. The van der Waals surface area contributed by atoms with Crippen molar-refractivity contribution in [2.45, 2.75) is 19.4 Å². The number of H-pyrrole nitrogens is 1. The molecule has 98 valence electrons. The molecular formula is C15H16N2O2. The van der Waals surface area contributed by atoms with Crippen LogP contribution in [0.15, 0.2) is 12.1 Å². The van der Waals surface area contributed by atoms with Gasteiger partial charge in [0.05, 0.1) is 36.1 Å². The summed E-state index contributed by atoms with van der Waals surface area (Å²) in [6.45, 7) is 3.26. The van der Waals surface area contributed by atoms with E-state index in [1.807, 2.05) is 12.1 Å². The fraction of sp³-hybridized carbons (Fsp3) is 0.400. The van der Waals surface area contributed by atoms with E-state index < -0.39 is 0 Å². The van der Waals surface area contributed by atoms with E-state index in [4.69, 9.17) is 9.47 Å². The highest BCUT2D eigenvalue weighted by Gasteiger charge is 2.26. The van der Waals surface area contributed by atoms with Crippen molar-refractivity contribution >= 4 is 10.9 Å². The summed E-state index contributed by atoms with van der Waals surface area (Å²) in [4.78, 5) is 3.44. The minimum atomic E-state index is -0.0629. The monoisotopic (exact) mass is 256 g/mol. The van der Waals surface area contributed by atoms with Gasteiger partial charge in [0, 0.05) is 12.5 Å². The highest BCUT2D eigenvalue weighted by molar-refractivity contribution is 5.92. The van der Waals surface area contributed by atoms with E-state index in [1.165, 1.54) is 5.56 Å². The van der Waals surface area contributed by atoms with Crippen LogP contribution in [0.1, 0.15) is 28.5 Å². The van der Waals surface area contributed by atoms with Gasteiger partial charge >= 0.3 is 0 Å². The van der Waals surface area contributed by atoms with Gasteiger partial charge in [-0.25, -0.2) is 0 Å². The molecule has 0 radical (unpaired) electrons. The molecule has 0 aliphatic carbocycles. The molecule has 0 amide bonds. The van der Waals surface area contributed by atoms with Gasteiger partial charge in [0.25, 0.3) is 0 Å². The number of nitrogens with zero attached hydrogens (tertiary/aromatic N) is 1. The molecule has 1 N–H and O–H groups in total. The summed E-state index contributed by atoms with van der Waals surface area (Å²) in [5, 5.41) is 10.4. The lowest BCUT2D eigenvalue weighted by atomic mass is 9.98. The first-order chi connectivity index (χ1) is 9.26. The van der Waals surface area contributed by atoms with Crippen molar-refractivity contribution < 1.29 is 9.47 Å². The van der Waals surface area contributed by atoms with Crippen LogP contribution in [0.2, 0.25) is 0 Å². The zero-order valence-corrected chi connectivity index (χ0v) is 11.1. The number of nitrogens with one attached hydrogen (secondary N) is 1. The molecule has 1 atom stereocenters. The lowest BCUT2D eigenvalue weighted by Crippen LogP contribution is -2.19. The lowest BCUT2D eigenvalue weighted by Gasteiger charge is -2.22. The lowest BCUT2D eigenvalue weighted by molar-refractivity contribution is -0.0129. The minimum Gasteiger partial charge on any atom is -0.382 e. The molecule has 2 aromatic rings. The zero-order valence-electron chi connectivity index (χ0n) is 11.1. The normalized spacial score (nSPS) is 18.3. The van der Waals surface area contributed by atoms with Crippen molar-refractivity contribution in [2.24, 2.45) is 0 Å². The molecule has 0 bridgehead atoms. The van der Waals surface area contributed by atoms with Gasteiger partial charge in [0.2, 0.25) is 0 Å². The second kappa shape index (κ2) is 4.69. The third-order valence-corrected chi connectivity index (χ3v) is 3.73. The average Bonchev–Trinajstić information content (AvgIpc) is 2.82. The molecular weight excluding hydrogens is 240 g/mol. The number of aromatic nitrogens is 1. The molecule has 0 saturated heterocycles. The molecule has 3 rings (SSSR count). The highest BCUT2D eigenvalue weighted by Crippen LogP contribution is 2.35. The van der Waals surface area contributed by atoms with Gasteiger partial charge in [-0.15, -0.1) is 0 Å². The third kappa shape index (κ3) is 1.83. The second-order valence-corrected chi connectivity index (χ2v) is 4.87. The van der Waals surface area contributed by atoms with Gasteiger partial charge in [-0.1, -0.05) is 6.07 Å². The van der Waals surface area contributed by atoms with Crippen molar-refractivity contribution in [3.63, 3.8) is 0 Å². The summed E-state index contributed by atoms with van der Waals surface area (Å²) in [5.41, 5.74) is 5.21. The van der Waals surface area contributed by atoms with Crippen LogP contribution >= 0.6 is 0 Å². The van der Waals surface area contributed by atoms with Gasteiger partial charge in [-0.05, 0) is 30.5 Å². The molecule has 19 heavy (non-hydrogen) atoms. The average molecular weight is 256 g/mol. The Kier molecular flexibility index (Phi) is 3.02. The highest BCUT2D eigenvalue weighted by atomic mass is 16.5. The maximum absolute atomic E-state index is 9.30. The quantitative estimate of drug-likeness (QED) is 0.898. The Balaban J connectivity index is 2.27. The SMILES string of the molecule is COCC1OCCc2c1[nH]c1c(C)ccc(C#N)c21. The number of hydrogen-bond donors (Lipinski definition) is 1. The molecule has 2 heterocycles. The zero-order chi connectivity index (χ0) is 13.4. The Morgan fingerprint density at radius 2 is 2.37 bits per heavy atom. The Morgan fingerprint density at radius 3 is 3.11 bits per heavy atom. The number of aromatic amines is 1. The van der Waals surface area contributed by atoms with E-state index in [9.17, 15) is 5.26 Å². The van der Waals surface area contributed by atoms with E-state index in [0.717, 1.165) is 34.1 Å². The number of benzene rings is 1. The molecule has 1 aromatic carbocycles. The topological polar surface area (TPSA) is 58.0 Å². The number of nitriles is 1. The first kappa shape index (κ1) is 12.2. The van der Waals surface area contributed by atoms with E-state index in [-0.39, 0.29) is 6.10 Å². The molecule has 1 unspecified atom stereocenters. The van der Waals surface area contributed by atoms with Crippen LogP contribution in [-0.4, -0.2) is 25.3 Å². The number of methoxy groups -OCH3 is 1. The number of fused-ring (bicyclic) bond motifs is 3. The first-order valence-corrected chi connectivity index (χ1v) is 6.41. The van der Waals surface area contributed by atoms with Crippen LogP contribution in [0.4, 0.5) is 0 Å². The van der Waals surface area contributed by atoms with E-state index >= 15 is 0 Å². The summed E-state index contributed by atoms with van der Waals surface area (Å²) in [7, 11) is 1.67. The van der Waals surface area contributed by atoms with Crippen LogP contribution in [0.25, 0.3) is 10.9 Å².